The Bertz CT molecular complexity index is 517. The molecule has 0 amide bonds. The third-order valence-electron chi connectivity index (χ3n) is 4.00. The maximum Gasteiger partial charge on any atom is 0.246 e. The minimum atomic E-state index is -3.52. The fourth-order valence-electron chi connectivity index (χ4n) is 2.68. The van der Waals surface area contributed by atoms with Crippen molar-refractivity contribution in [3.05, 3.63) is 11.9 Å². The number of nitrogens with one attached hydrogen (secondary N) is 1. The molecule has 0 aromatic carbocycles. The zero-order chi connectivity index (χ0) is 13.4. The number of aromatic amines is 1. The number of aromatic nitrogens is 2. The van der Waals surface area contributed by atoms with Crippen LogP contribution in [0.2, 0.25) is 0 Å². The molecule has 1 saturated carbocycles. The van der Waals surface area contributed by atoms with E-state index in [2.05, 4.69) is 10.2 Å². The van der Waals surface area contributed by atoms with E-state index in [0.29, 0.717) is 12.2 Å². The van der Waals surface area contributed by atoms with Crippen molar-refractivity contribution in [3.63, 3.8) is 0 Å². The lowest BCUT2D eigenvalue weighted by molar-refractivity contribution is 0.230. The molecule has 102 valence electrons. The van der Waals surface area contributed by atoms with E-state index >= 15 is 0 Å². The second kappa shape index (κ2) is 4.64. The van der Waals surface area contributed by atoms with Gasteiger partial charge >= 0.3 is 0 Å². The number of aryl methyl sites for hydroxylation is 1. The molecule has 3 N–H and O–H groups in total. The van der Waals surface area contributed by atoms with E-state index in [9.17, 15) is 8.42 Å². The molecule has 0 radical (unpaired) electrons. The number of sulfonamides is 1. The molecule has 6 nitrogen and oxygen atoms in total. The molecule has 0 spiro atoms. The number of hydrogen-bond donors (Lipinski definition) is 2. The molecule has 18 heavy (non-hydrogen) atoms. The Balaban J connectivity index is 2.39. The number of rotatable bonds is 4. The van der Waals surface area contributed by atoms with Gasteiger partial charge in [0.1, 0.15) is 4.90 Å². The molecule has 1 aromatic heterocycles. The van der Waals surface area contributed by atoms with Crippen LogP contribution in [0.15, 0.2) is 11.1 Å². The van der Waals surface area contributed by atoms with Crippen LogP contribution in [0.1, 0.15) is 31.4 Å². The summed E-state index contributed by atoms with van der Waals surface area (Å²) in [6.07, 6.45) is 5.08. The fraction of sp³-hybridized carbons (Fsp3) is 0.727. The summed E-state index contributed by atoms with van der Waals surface area (Å²) in [4.78, 5) is 0.240. The van der Waals surface area contributed by atoms with Crippen LogP contribution < -0.4 is 5.73 Å². The Morgan fingerprint density at radius 1 is 1.50 bits per heavy atom. The standard InChI is InChI=1S/C11H20N4O2S/c1-9-10(7-13-14-9)18(16,17)15(2)11(8-12)5-3-4-6-11/h7H,3-6,8,12H2,1-2H3,(H,13,14). The van der Waals surface area contributed by atoms with Crippen LogP contribution >= 0.6 is 0 Å². The molecule has 0 unspecified atom stereocenters. The van der Waals surface area contributed by atoms with Gasteiger partial charge in [0.2, 0.25) is 10.0 Å². The van der Waals surface area contributed by atoms with Crippen LogP contribution in [0, 0.1) is 6.92 Å². The molecule has 0 aliphatic heterocycles. The SMILES string of the molecule is Cc1[nH]ncc1S(=O)(=O)N(C)C1(CN)CCCC1. The number of hydrogen-bond acceptors (Lipinski definition) is 4. The van der Waals surface area contributed by atoms with Gasteiger partial charge in [-0.05, 0) is 19.8 Å². The van der Waals surface area contributed by atoms with Crippen LogP contribution in [0.25, 0.3) is 0 Å². The van der Waals surface area contributed by atoms with Gasteiger partial charge in [-0.2, -0.15) is 9.40 Å². The van der Waals surface area contributed by atoms with Gasteiger partial charge in [0.25, 0.3) is 0 Å². The maximum absolute atomic E-state index is 12.6. The molecule has 7 heteroatoms. The van der Waals surface area contributed by atoms with Crippen molar-refractivity contribution in [2.75, 3.05) is 13.6 Å². The van der Waals surface area contributed by atoms with Gasteiger partial charge in [-0.1, -0.05) is 12.8 Å². The van der Waals surface area contributed by atoms with Crippen LogP contribution in [0.4, 0.5) is 0 Å². The highest BCUT2D eigenvalue weighted by molar-refractivity contribution is 7.89. The predicted molar refractivity (Wildman–Crippen MR) is 68.5 cm³/mol. The Kier molecular flexibility index (Phi) is 3.48. The second-order valence-corrected chi connectivity index (χ2v) is 6.91. The molecule has 1 aliphatic rings. The van der Waals surface area contributed by atoms with Crippen LogP contribution in [-0.2, 0) is 10.0 Å². The van der Waals surface area contributed by atoms with E-state index in [1.807, 2.05) is 0 Å². The number of nitrogens with two attached hydrogens (primary N) is 1. The van der Waals surface area contributed by atoms with Crippen LogP contribution in [0.3, 0.4) is 0 Å². The van der Waals surface area contributed by atoms with Crippen molar-refractivity contribution in [1.29, 1.82) is 0 Å². The smallest absolute Gasteiger partial charge is 0.246 e. The van der Waals surface area contributed by atoms with Crippen molar-refractivity contribution >= 4 is 10.0 Å². The summed E-state index contributed by atoms with van der Waals surface area (Å²) in [5, 5.41) is 6.45. The Morgan fingerprint density at radius 3 is 2.56 bits per heavy atom. The van der Waals surface area contributed by atoms with Gasteiger partial charge in [-0.3, -0.25) is 5.10 Å². The van der Waals surface area contributed by atoms with Gasteiger partial charge in [-0.25, -0.2) is 8.42 Å². The number of nitrogens with zero attached hydrogens (tertiary/aromatic N) is 2. The summed E-state index contributed by atoms with van der Waals surface area (Å²) >= 11 is 0. The van der Waals surface area contributed by atoms with E-state index in [0.717, 1.165) is 25.7 Å². The van der Waals surface area contributed by atoms with Crippen LogP contribution in [-0.4, -0.2) is 42.1 Å². The van der Waals surface area contributed by atoms with E-state index in [1.165, 1.54) is 10.5 Å². The second-order valence-electron chi connectivity index (χ2n) is 4.97. The van der Waals surface area contributed by atoms with Gasteiger partial charge < -0.3 is 5.73 Å². The van der Waals surface area contributed by atoms with Gasteiger partial charge in [0.15, 0.2) is 0 Å². The molecular formula is C11H20N4O2S. The van der Waals surface area contributed by atoms with Crippen molar-refractivity contribution in [2.45, 2.75) is 43.0 Å². The van der Waals surface area contributed by atoms with Gasteiger partial charge in [0, 0.05) is 19.1 Å². The van der Waals surface area contributed by atoms with E-state index in [4.69, 9.17) is 5.73 Å². The van der Waals surface area contributed by atoms with E-state index in [-0.39, 0.29) is 4.90 Å². The molecule has 2 rings (SSSR count). The predicted octanol–water partition coefficient (Wildman–Crippen LogP) is 0.610. The Morgan fingerprint density at radius 2 is 2.11 bits per heavy atom. The zero-order valence-electron chi connectivity index (χ0n) is 10.8. The van der Waals surface area contributed by atoms with Gasteiger partial charge in [-0.15, -0.1) is 0 Å². The average Bonchev–Trinajstić information content (AvgIpc) is 2.97. The lowest BCUT2D eigenvalue weighted by atomic mass is 9.98. The molecular weight excluding hydrogens is 252 g/mol. The quantitative estimate of drug-likeness (QED) is 0.840. The first-order valence-electron chi connectivity index (χ1n) is 6.13. The lowest BCUT2D eigenvalue weighted by Gasteiger charge is -2.36. The highest BCUT2D eigenvalue weighted by Gasteiger charge is 2.43. The Labute approximate surface area is 108 Å². The highest BCUT2D eigenvalue weighted by Crippen LogP contribution is 2.36. The minimum absolute atomic E-state index is 0.240. The van der Waals surface area contributed by atoms with Crippen molar-refractivity contribution in [3.8, 4) is 0 Å². The molecule has 1 heterocycles. The average molecular weight is 272 g/mol. The molecule has 1 aromatic rings. The summed E-state index contributed by atoms with van der Waals surface area (Å²) in [5.41, 5.74) is 5.96. The minimum Gasteiger partial charge on any atom is -0.329 e. The molecule has 1 aliphatic carbocycles. The first-order valence-corrected chi connectivity index (χ1v) is 7.57. The molecule has 0 atom stereocenters. The summed E-state index contributed by atoms with van der Waals surface area (Å²) in [6, 6.07) is 0. The van der Waals surface area contributed by atoms with Crippen molar-refractivity contribution < 1.29 is 8.42 Å². The van der Waals surface area contributed by atoms with Crippen LogP contribution in [0.5, 0.6) is 0 Å². The topological polar surface area (TPSA) is 92.1 Å². The summed E-state index contributed by atoms with van der Waals surface area (Å²) < 4.78 is 26.6. The van der Waals surface area contributed by atoms with Crippen molar-refractivity contribution in [1.82, 2.24) is 14.5 Å². The first kappa shape index (κ1) is 13.5. The first-order chi connectivity index (χ1) is 8.44. The summed E-state index contributed by atoms with van der Waals surface area (Å²) in [7, 11) is -1.90. The normalized spacial score (nSPS) is 19.6. The fourth-order valence-corrected chi connectivity index (χ4v) is 4.36. The number of H-pyrrole nitrogens is 1. The van der Waals surface area contributed by atoms with Gasteiger partial charge in [0.05, 0.1) is 11.9 Å². The largest absolute Gasteiger partial charge is 0.329 e. The van der Waals surface area contributed by atoms with E-state index < -0.39 is 15.6 Å². The summed E-state index contributed by atoms with van der Waals surface area (Å²) in [6.45, 7) is 2.07. The molecule has 0 bridgehead atoms. The third-order valence-corrected chi connectivity index (χ3v) is 6.08. The molecule has 0 saturated heterocycles. The zero-order valence-corrected chi connectivity index (χ0v) is 11.6. The monoisotopic (exact) mass is 272 g/mol. The number of likely N-dealkylation sites (N-methyl/N-ethyl adjacent to an activating group) is 1. The lowest BCUT2D eigenvalue weighted by Crippen LogP contribution is -2.52. The van der Waals surface area contributed by atoms with E-state index in [1.54, 1.807) is 14.0 Å². The summed E-state index contributed by atoms with van der Waals surface area (Å²) in [5.74, 6) is 0. The third kappa shape index (κ3) is 1.96. The molecule has 1 fully saturated rings. The Hall–Kier alpha value is -0.920. The highest BCUT2D eigenvalue weighted by atomic mass is 32.2. The van der Waals surface area contributed by atoms with Crippen molar-refractivity contribution in [2.24, 2.45) is 5.73 Å². The maximum atomic E-state index is 12.6.